The predicted octanol–water partition coefficient (Wildman–Crippen LogP) is 2.69. The van der Waals surface area contributed by atoms with Crippen LogP contribution in [0.1, 0.15) is 13.8 Å². The number of methoxy groups -OCH3 is 1. The van der Waals surface area contributed by atoms with Gasteiger partial charge in [-0.3, -0.25) is 9.59 Å². The van der Waals surface area contributed by atoms with Crippen LogP contribution in [0.3, 0.4) is 0 Å². The first kappa shape index (κ1) is 18.4. The zero-order valence-electron chi connectivity index (χ0n) is 14.4. The van der Waals surface area contributed by atoms with Crippen molar-refractivity contribution in [1.82, 2.24) is 4.98 Å². The second-order valence-corrected chi connectivity index (χ2v) is 4.96. The molecule has 0 atom stereocenters. The average molecular weight is 344 g/mol. The maximum Gasteiger partial charge on any atom is 0.325 e. The number of benzene rings is 1. The molecule has 0 N–H and O–H groups in total. The Morgan fingerprint density at radius 2 is 1.72 bits per heavy atom. The van der Waals surface area contributed by atoms with Crippen LogP contribution in [0, 0.1) is 5.92 Å². The van der Waals surface area contributed by atoms with Gasteiger partial charge in [-0.25, -0.2) is 9.98 Å². The maximum absolute atomic E-state index is 12.0. The van der Waals surface area contributed by atoms with E-state index in [1.165, 1.54) is 6.21 Å². The van der Waals surface area contributed by atoms with Crippen LogP contribution in [0.2, 0.25) is 0 Å². The Bertz CT molecular complexity index is 770. The lowest BCUT2D eigenvalue weighted by molar-refractivity contribution is -0.157. The molecular weight excluding hydrogens is 324 g/mol. The van der Waals surface area contributed by atoms with Crippen molar-refractivity contribution in [2.75, 3.05) is 20.3 Å². The molecule has 0 radical (unpaired) electrons. The number of carbonyl (C=O) groups excluding carboxylic acids is 2. The van der Waals surface area contributed by atoms with E-state index in [4.69, 9.17) is 14.2 Å². The predicted molar refractivity (Wildman–Crippen MR) is 93.2 cm³/mol. The monoisotopic (exact) mass is 344 g/mol. The zero-order chi connectivity index (χ0) is 18.2. The number of hydrogen-bond donors (Lipinski definition) is 0. The third-order valence-electron chi connectivity index (χ3n) is 3.38. The van der Waals surface area contributed by atoms with Gasteiger partial charge in [-0.2, -0.15) is 0 Å². The minimum absolute atomic E-state index is 0.159. The Morgan fingerprint density at radius 3 is 2.28 bits per heavy atom. The van der Waals surface area contributed by atoms with Gasteiger partial charge >= 0.3 is 11.9 Å². The summed E-state index contributed by atoms with van der Waals surface area (Å²) in [5.41, 5.74) is 0. The summed E-state index contributed by atoms with van der Waals surface area (Å²) in [7, 11) is 1.56. The quantitative estimate of drug-likeness (QED) is 0.436. The number of carbonyl (C=O) groups is 2. The van der Waals surface area contributed by atoms with Crippen LogP contribution in [0.5, 0.6) is 5.75 Å². The molecule has 0 spiro atoms. The lowest BCUT2D eigenvalue weighted by atomic mass is 10.1. The topological polar surface area (TPSA) is 87.1 Å². The first-order valence-corrected chi connectivity index (χ1v) is 7.91. The van der Waals surface area contributed by atoms with Crippen LogP contribution in [0.15, 0.2) is 35.5 Å². The number of hydrogen-bond acceptors (Lipinski definition) is 7. The molecule has 1 aromatic heterocycles. The number of esters is 2. The molecule has 0 fully saturated rings. The molecular formula is C18H20N2O5. The molecule has 2 aromatic rings. The summed E-state index contributed by atoms with van der Waals surface area (Å²) >= 11 is 0. The number of fused-ring (bicyclic) bond motifs is 1. The van der Waals surface area contributed by atoms with Crippen molar-refractivity contribution < 1.29 is 23.8 Å². The summed E-state index contributed by atoms with van der Waals surface area (Å²) in [6.45, 7) is 3.64. The van der Waals surface area contributed by atoms with Crippen molar-refractivity contribution in [3.63, 3.8) is 0 Å². The summed E-state index contributed by atoms with van der Waals surface area (Å²) in [5.74, 6) is -1.66. The molecule has 7 nitrogen and oxygen atoms in total. The fourth-order valence-corrected chi connectivity index (χ4v) is 2.24. The minimum atomic E-state index is -1.23. The van der Waals surface area contributed by atoms with E-state index < -0.39 is 17.9 Å². The number of aromatic nitrogens is 1. The van der Waals surface area contributed by atoms with Crippen molar-refractivity contribution in [2.45, 2.75) is 13.8 Å². The zero-order valence-corrected chi connectivity index (χ0v) is 14.4. The maximum atomic E-state index is 12.0. The largest absolute Gasteiger partial charge is 0.494 e. The number of pyridine rings is 1. The van der Waals surface area contributed by atoms with Gasteiger partial charge in [-0.1, -0.05) is 24.3 Å². The minimum Gasteiger partial charge on any atom is -0.494 e. The highest BCUT2D eigenvalue weighted by atomic mass is 16.6. The Morgan fingerprint density at radius 1 is 1.12 bits per heavy atom. The summed E-state index contributed by atoms with van der Waals surface area (Å²) in [6.07, 6.45) is 2.75. The molecule has 0 unspecified atom stereocenters. The molecule has 25 heavy (non-hydrogen) atoms. The highest BCUT2D eigenvalue weighted by Gasteiger charge is 2.27. The van der Waals surface area contributed by atoms with Crippen LogP contribution in [-0.2, 0) is 19.1 Å². The molecule has 0 bridgehead atoms. The summed E-state index contributed by atoms with van der Waals surface area (Å²) in [5, 5.41) is 1.57. The summed E-state index contributed by atoms with van der Waals surface area (Å²) in [4.78, 5) is 32.4. The van der Waals surface area contributed by atoms with E-state index in [0.29, 0.717) is 11.6 Å². The average Bonchev–Trinajstić information content (AvgIpc) is 2.62. The van der Waals surface area contributed by atoms with Gasteiger partial charge in [0.2, 0.25) is 0 Å². The van der Waals surface area contributed by atoms with Gasteiger partial charge in [0.1, 0.15) is 5.75 Å². The molecule has 0 aliphatic carbocycles. The SMILES string of the molecule is CCOC(=O)C(C=Nc1ncc(OC)c2ccccc12)C(=O)OCC. The standard InChI is InChI=1S/C18H20N2O5/c1-4-24-17(21)14(18(22)25-5-2)10-19-16-13-9-7-6-8-12(13)15(23-3)11-20-16/h6-11,14H,4-5H2,1-3H3. The molecule has 1 aromatic carbocycles. The fourth-order valence-electron chi connectivity index (χ4n) is 2.24. The molecule has 0 saturated carbocycles. The highest BCUT2D eigenvalue weighted by molar-refractivity contribution is 6.10. The van der Waals surface area contributed by atoms with E-state index in [2.05, 4.69) is 9.98 Å². The van der Waals surface area contributed by atoms with Crippen molar-refractivity contribution in [1.29, 1.82) is 0 Å². The van der Waals surface area contributed by atoms with Gasteiger partial charge in [0.25, 0.3) is 0 Å². The van der Waals surface area contributed by atoms with E-state index in [1.54, 1.807) is 27.2 Å². The second-order valence-electron chi connectivity index (χ2n) is 4.96. The molecule has 1 heterocycles. The van der Waals surface area contributed by atoms with Gasteiger partial charge < -0.3 is 14.2 Å². The number of ether oxygens (including phenoxy) is 3. The Labute approximate surface area is 145 Å². The van der Waals surface area contributed by atoms with Gasteiger partial charge in [0, 0.05) is 17.0 Å². The lowest BCUT2D eigenvalue weighted by Crippen LogP contribution is -2.29. The molecule has 132 valence electrons. The Balaban J connectivity index is 2.39. The van der Waals surface area contributed by atoms with Gasteiger partial charge in [-0.05, 0) is 13.8 Å². The third kappa shape index (κ3) is 4.32. The van der Waals surface area contributed by atoms with Gasteiger partial charge in [0.15, 0.2) is 11.7 Å². The van der Waals surface area contributed by atoms with Crippen molar-refractivity contribution in [2.24, 2.45) is 10.9 Å². The normalized spacial score (nSPS) is 11.0. The van der Waals surface area contributed by atoms with Gasteiger partial charge in [0.05, 0.1) is 26.5 Å². The molecule has 0 aliphatic heterocycles. The van der Waals surface area contributed by atoms with E-state index >= 15 is 0 Å². The van der Waals surface area contributed by atoms with Crippen molar-refractivity contribution in [3.8, 4) is 5.75 Å². The second kappa shape index (κ2) is 8.77. The summed E-state index contributed by atoms with van der Waals surface area (Å²) in [6, 6.07) is 7.43. The van der Waals surface area contributed by atoms with Crippen LogP contribution in [0.4, 0.5) is 5.82 Å². The van der Waals surface area contributed by atoms with E-state index in [0.717, 1.165) is 10.8 Å². The van der Waals surface area contributed by atoms with Crippen molar-refractivity contribution in [3.05, 3.63) is 30.5 Å². The van der Waals surface area contributed by atoms with E-state index in [9.17, 15) is 9.59 Å². The van der Waals surface area contributed by atoms with E-state index in [1.807, 2.05) is 24.3 Å². The molecule has 0 saturated heterocycles. The fraction of sp³-hybridized carbons (Fsp3) is 0.333. The van der Waals surface area contributed by atoms with Gasteiger partial charge in [-0.15, -0.1) is 0 Å². The summed E-state index contributed by atoms with van der Waals surface area (Å²) < 4.78 is 15.1. The van der Waals surface area contributed by atoms with Crippen LogP contribution in [0.25, 0.3) is 10.8 Å². The van der Waals surface area contributed by atoms with Crippen LogP contribution in [-0.4, -0.2) is 43.5 Å². The first-order chi connectivity index (χ1) is 12.1. The number of nitrogens with zero attached hydrogens (tertiary/aromatic N) is 2. The number of rotatable bonds is 7. The number of aliphatic imine (C=N–C) groups is 1. The highest BCUT2D eigenvalue weighted by Crippen LogP contribution is 2.30. The molecule has 7 heteroatoms. The third-order valence-corrected chi connectivity index (χ3v) is 3.38. The lowest BCUT2D eigenvalue weighted by Gasteiger charge is -2.10. The molecule has 2 rings (SSSR count). The smallest absolute Gasteiger partial charge is 0.325 e. The Hall–Kier alpha value is -2.96. The first-order valence-electron chi connectivity index (χ1n) is 7.91. The van der Waals surface area contributed by atoms with E-state index in [-0.39, 0.29) is 13.2 Å². The van der Waals surface area contributed by atoms with Crippen molar-refractivity contribution >= 4 is 34.7 Å². The Kier molecular flexibility index (Phi) is 6.45. The molecule has 0 aliphatic rings. The molecule has 0 amide bonds. The van der Waals surface area contributed by atoms with Crippen LogP contribution < -0.4 is 4.74 Å². The van der Waals surface area contributed by atoms with Crippen LogP contribution >= 0.6 is 0 Å².